The summed E-state index contributed by atoms with van der Waals surface area (Å²) in [5.41, 5.74) is 1.46. The molecule has 0 radical (unpaired) electrons. The number of nitrogens with zero attached hydrogens (tertiary/aromatic N) is 2. The average Bonchev–Trinajstić information content (AvgIpc) is 2.40. The van der Waals surface area contributed by atoms with Crippen molar-refractivity contribution in [3.8, 4) is 0 Å². The van der Waals surface area contributed by atoms with E-state index in [9.17, 15) is 9.18 Å². The minimum Gasteiger partial charge on any atom is -0.358 e. The summed E-state index contributed by atoms with van der Waals surface area (Å²) < 4.78 is 14.1. The molecule has 1 aliphatic heterocycles. The zero-order valence-electron chi connectivity index (χ0n) is 11.4. The fourth-order valence-electron chi connectivity index (χ4n) is 2.27. The van der Waals surface area contributed by atoms with Crippen LogP contribution in [0, 0.1) is 5.82 Å². The molecular formula is C14H20FN3O. The Balaban J connectivity index is 2.25. The van der Waals surface area contributed by atoms with E-state index >= 15 is 0 Å². The first-order valence-electron chi connectivity index (χ1n) is 6.60. The molecular weight excluding hydrogens is 245 g/mol. The second-order valence-electron chi connectivity index (χ2n) is 4.76. The maximum atomic E-state index is 14.1. The fourth-order valence-corrected chi connectivity index (χ4v) is 2.27. The van der Waals surface area contributed by atoms with Crippen LogP contribution in [0.5, 0.6) is 0 Å². The van der Waals surface area contributed by atoms with Crippen molar-refractivity contribution in [3.63, 3.8) is 0 Å². The number of benzene rings is 1. The van der Waals surface area contributed by atoms with Crippen LogP contribution in [0.25, 0.3) is 0 Å². The van der Waals surface area contributed by atoms with Crippen LogP contribution < -0.4 is 10.2 Å². The normalized spacial score (nSPS) is 16.1. The van der Waals surface area contributed by atoms with Crippen molar-refractivity contribution < 1.29 is 9.18 Å². The Bertz CT molecular complexity index is 464. The van der Waals surface area contributed by atoms with Crippen molar-refractivity contribution in [2.45, 2.75) is 13.5 Å². The van der Waals surface area contributed by atoms with Gasteiger partial charge in [-0.2, -0.15) is 0 Å². The quantitative estimate of drug-likeness (QED) is 0.889. The minimum absolute atomic E-state index is 0.0314. The summed E-state index contributed by atoms with van der Waals surface area (Å²) in [6, 6.07) is 5.07. The van der Waals surface area contributed by atoms with E-state index in [2.05, 4.69) is 5.32 Å². The topological polar surface area (TPSA) is 35.6 Å². The Morgan fingerprint density at radius 2 is 2.16 bits per heavy atom. The summed E-state index contributed by atoms with van der Waals surface area (Å²) in [5.74, 6) is -0.225. The van der Waals surface area contributed by atoms with E-state index in [1.807, 2.05) is 17.9 Å². The molecule has 1 aromatic carbocycles. The van der Waals surface area contributed by atoms with Crippen molar-refractivity contribution in [3.05, 3.63) is 29.6 Å². The Morgan fingerprint density at radius 3 is 2.84 bits per heavy atom. The van der Waals surface area contributed by atoms with Gasteiger partial charge in [-0.3, -0.25) is 4.79 Å². The maximum Gasteiger partial charge on any atom is 0.241 e. The molecule has 0 atom stereocenters. The van der Waals surface area contributed by atoms with Gasteiger partial charge < -0.3 is 15.1 Å². The van der Waals surface area contributed by atoms with Crippen LogP contribution in [0.3, 0.4) is 0 Å². The van der Waals surface area contributed by atoms with Gasteiger partial charge in [-0.1, -0.05) is 19.1 Å². The lowest BCUT2D eigenvalue weighted by Gasteiger charge is -2.34. The number of likely N-dealkylation sites (N-methyl/N-ethyl adjacent to an activating group) is 1. The van der Waals surface area contributed by atoms with Gasteiger partial charge in [0.1, 0.15) is 5.82 Å². The maximum absolute atomic E-state index is 14.1. The molecule has 1 saturated heterocycles. The largest absolute Gasteiger partial charge is 0.358 e. The SMILES string of the molecule is CCNCc1cccc(F)c1N1CCN(C)C(=O)C1. The third-order valence-corrected chi connectivity index (χ3v) is 3.41. The molecule has 1 aliphatic rings. The zero-order chi connectivity index (χ0) is 13.8. The summed E-state index contributed by atoms with van der Waals surface area (Å²) in [6.07, 6.45) is 0. The van der Waals surface area contributed by atoms with Crippen LogP contribution in [0.1, 0.15) is 12.5 Å². The predicted octanol–water partition coefficient (Wildman–Crippen LogP) is 1.21. The molecule has 0 aliphatic carbocycles. The first kappa shape index (κ1) is 13.8. The molecule has 0 saturated carbocycles. The van der Waals surface area contributed by atoms with Crippen LogP contribution in [-0.2, 0) is 11.3 Å². The molecule has 19 heavy (non-hydrogen) atoms. The smallest absolute Gasteiger partial charge is 0.241 e. The predicted molar refractivity (Wildman–Crippen MR) is 73.6 cm³/mol. The standard InChI is InChI=1S/C14H20FN3O/c1-3-16-9-11-5-4-6-12(15)14(11)18-8-7-17(2)13(19)10-18/h4-6,16H,3,7-10H2,1-2H3. The lowest BCUT2D eigenvalue weighted by atomic mass is 10.1. The second kappa shape index (κ2) is 6.02. The third-order valence-electron chi connectivity index (χ3n) is 3.41. The number of hydrogen-bond donors (Lipinski definition) is 1. The first-order chi connectivity index (χ1) is 9.13. The molecule has 0 bridgehead atoms. The van der Waals surface area contributed by atoms with Crippen molar-refractivity contribution in [2.75, 3.05) is 38.1 Å². The van der Waals surface area contributed by atoms with Gasteiger partial charge in [-0.15, -0.1) is 0 Å². The molecule has 104 valence electrons. The van der Waals surface area contributed by atoms with Gasteiger partial charge in [0.2, 0.25) is 5.91 Å². The van der Waals surface area contributed by atoms with Crippen LogP contribution >= 0.6 is 0 Å². The molecule has 0 aromatic heterocycles. The number of nitrogens with one attached hydrogen (secondary N) is 1. The number of carbonyl (C=O) groups is 1. The number of piperazine rings is 1. The highest BCUT2D eigenvalue weighted by Gasteiger charge is 2.24. The monoisotopic (exact) mass is 265 g/mol. The molecule has 1 amide bonds. The van der Waals surface area contributed by atoms with Gasteiger partial charge in [0.05, 0.1) is 12.2 Å². The molecule has 4 nitrogen and oxygen atoms in total. The summed E-state index contributed by atoms with van der Waals surface area (Å²) in [6.45, 7) is 5.01. The number of hydrogen-bond acceptors (Lipinski definition) is 3. The van der Waals surface area contributed by atoms with Crippen LogP contribution in [0.4, 0.5) is 10.1 Å². The minimum atomic E-state index is -0.257. The average molecular weight is 265 g/mol. The van der Waals surface area contributed by atoms with Crippen LogP contribution in [-0.4, -0.2) is 44.0 Å². The Morgan fingerprint density at radius 1 is 1.37 bits per heavy atom. The Kier molecular flexibility index (Phi) is 4.37. The van der Waals surface area contributed by atoms with E-state index in [0.29, 0.717) is 25.3 Å². The highest BCUT2D eigenvalue weighted by molar-refractivity contribution is 5.83. The van der Waals surface area contributed by atoms with E-state index in [4.69, 9.17) is 0 Å². The van der Waals surface area contributed by atoms with E-state index in [1.165, 1.54) is 6.07 Å². The number of amides is 1. The fraction of sp³-hybridized carbons (Fsp3) is 0.500. The molecule has 2 rings (SSSR count). The van der Waals surface area contributed by atoms with Crippen LogP contribution in [0.2, 0.25) is 0 Å². The molecule has 1 aromatic rings. The number of para-hydroxylation sites is 1. The highest BCUT2D eigenvalue weighted by Crippen LogP contribution is 2.25. The summed E-state index contributed by atoms with van der Waals surface area (Å²) in [4.78, 5) is 15.3. The molecule has 0 spiro atoms. The number of anilines is 1. The molecule has 1 fully saturated rings. The van der Waals surface area contributed by atoms with Gasteiger partial charge in [0, 0.05) is 26.7 Å². The summed E-state index contributed by atoms with van der Waals surface area (Å²) >= 11 is 0. The van der Waals surface area contributed by atoms with Gasteiger partial charge in [0.25, 0.3) is 0 Å². The number of carbonyl (C=O) groups excluding carboxylic acids is 1. The van der Waals surface area contributed by atoms with E-state index in [-0.39, 0.29) is 18.3 Å². The van der Waals surface area contributed by atoms with Crippen molar-refractivity contribution in [1.29, 1.82) is 0 Å². The summed E-state index contributed by atoms with van der Waals surface area (Å²) in [5, 5.41) is 3.20. The van der Waals surface area contributed by atoms with Gasteiger partial charge in [-0.25, -0.2) is 4.39 Å². The first-order valence-corrected chi connectivity index (χ1v) is 6.60. The van der Waals surface area contributed by atoms with E-state index < -0.39 is 0 Å². The van der Waals surface area contributed by atoms with Crippen molar-refractivity contribution in [2.24, 2.45) is 0 Å². The Labute approximate surface area is 113 Å². The molecule has 0 unspecified atom stereocenters. The van der Waals surface area contributed by atoms with Gasteiger partial charge in [0.15, 0.2) is 0 Å². The number of halogens is 1. The number of rotatable bonds is 4. The molecule has 1 heterocycles. The summed E-state index contributed by atoms with van der Waals surface area (Å²) in [7, 11) is 1.78. The highest BCUT2D eigenvalue weighted by atomic mass is 19.1. The van der Waals surface area contributed by atoms with Crippen molar-refractivity contribution >= 4 is 11.6 Å². The van der Waals surface area contributed by atoms with Crippen molar-refractivity contribution in [1.82, 2.24) is 10.2 Å². The van der Waals surface area contributed by atoms with E-state index in [1.54, 1.807) is 18.0 Å². The third kappa shape index (κ3) is 3.04. The van der Waals surface area contributed by atoms with Crippen LogP contribution in [0.15, 0.2) is 18.2 Å². The van der Waals surface area contributed by atoms with Gasteiger partial charge >= 0.3 is 0 Å². The Hall–Kier alpha value is -1.62. The van der Waals surface area contributed by atoms with Gasteiger partial charge in [-0.05, 0) is 18.2 Å². The second-order valence-corrected chi connectivity index (χ2v) is 4.76. The lowest BCUT2D eigenvalue weighted by Crippen LogP contribution is -2.49. The molecule has 5 heteroatoms. The van der Waals surface area contributed by atoms with E-state index in [0.717, 1.165) is 12.1 Å². The lowest BCUT2D eigenvalue weighted by molar-refractivity contribution is -0.129. The zero-order valence-corrected chi connectivity index (χ0v) is 11.4. The molecule has 1 N–H and O–H groups in total.